The fraction of sp³-hybridized carbons (Fsp3) is 0.421. The van der Waals surface area contributed by atoms with Crippen LogP contribution in [0.3, 0.4) is 0 Å². The molecule has 3 aromatic rings. The first-order valence-electron chi connectivity index (χ1n) is 9.27. The largest absolute Gasteiger partial charge is 0.508 e. The topological polar surface area (TPSA) is 135 Å². The van der Waals surface area contributed by atoms with Gasteiger partial charge in [0, 0.05) is 32.7 Å². The summed E-state index contributed by atoms with van der Waals surface area (Å²) in [7, 11) is 3.02. The van der Waals surface area contributed by atoms with Crippen molar-refractivity contribution in [2.24, 2.45) is 14.1 Å². The van der Waals surface area contributed by atoms with Crippen molar-refractivity contribution < 1.29 is 15.3 Å². The van der Waals surface area contributed by atoms with E-state index in [-0.39, 0.29) is 17.9 Å². The van der Waals surface area contributed by atoms with Crippen LogP contribution in [0.15, 0.2) is 34.1 Å². The van der Waals surface area contributed by atoms with Crippen LogP contribution in [0, 0.1) is 0 Å². The summed E-state index contributed by atoms with van der Waals surface area (Å²) in [6, 6.07) is 4.62. The summed E-state index contributed by atoms with van der Waals surface area (Å²) >= 11 is 0. The number of aryl methyl sites for hydroxylation is 2. The number of phenols is 1. The molecule has 3 rings (SSSR count). The quantitative estimate of drug-likeness (QED) is 0.367. The summed E-state index contributed by atoms with van der Waals surface area (Å²) in [4.78, 5) is 28.5. The van der Waals surface area contributed by atoms with Gasteiger partial charge in [-0.25, -0.2) is 9.78 Å². The van der Waals surface area contributed by atoms with Crippen LogP contribution in [0.2, 0.25) is 0 Å². The molecule has 0 unspecified atom stereocenters. The summed E-state index contributed by atoms with van der Waals surface area (Å²) in [6.07, 6.45) is 1.45. The van der Waals surface area contributed by atoms with Crippen LogP contribution < -0.4 is 16.6 Å². The normalized spacial score (nSPS) is 12.6. The maximum Gasteiger partial charge on any atom is 0.332 e. The zero-order chi connectivity index (χ0) is 21.1. The minimum absolute atomic E-state index is 0.00684. The van der Waals surface area contributed by atoms with E-state index in [4.69, 9.17) is 0 Å². The first-order chi connectivity index (χ1) is 13.8. The molecule has 156 valence electrons. The van der Waals surface area contributed by atoms with Crippen molar-refractivity contribution in [2.45, 2.75) is 25.7 Å². The number of imidazole rings is 1. The third-order valence-corrected chi connectivity index (χ3v) is 4.97. The van der Waals surface area contributed by atoms with Gasteiger partial charge in [-0.05, 0) is 30.7 Å². The number of fused-ring (bicyclic) bond motifs is 1. The van der Waals surface area contributed by atoms with Crippen molar-refractivity contribution in [3.63, 3.8) is 0 Å². The maximum atomic E-state index is 12.4. The summed E-state index contributed by atoms with van der Waals surface area (Å²) in [5.74, 6) is -0.00684. The lowest BCUT2D eigenvalue weighted by Crippen LogP contribution is -2.37. The van der Waals surface area contributed by atoms with E-state index in [1.807, 2.05) is 0 Å². The van der Waals surface area contributed by atoms with Crippen molar-refractivity contribution in [1.82, 2.24) is 24.0 Å². The Labute approximate surface area is 166 Å². The molecule has 2 aromatic heterocycles. The zero-order valence-corrected chi connectivity index (χ0v) is 16.4. The summed E-state index contributed by atoms with van der Waals surface area (Å²) in [6.45, 7) is 1.12. The summed E-state index contributed by atoms with van der Waals surface area (Å²) < 4.78 is 4.14. The third-order valence-electron chi connectivity index (χ3n) is 4.97. The Hall–Kier alpha value is -2.95. The van der Waals surface area contributed by atoms with Crippen LogP contribution >= 0.6 is 0 Å². The van der Waals surface area contributed by atoms with Gasteiger partial charge in [0.25, 0.3) is 5.56 Å². The average molecular weight is 403 g/mol. The van der Waals surface area contributed by atoms with Crippen molar-refractivity contribution >= 4 is 11.2 Å². The number of benzene rings is 1. The van der Waals surface area contributed by atoms with Gasteiger partial charge in [-0.2, -0.15) is 0 Å². The molecular formula is C19H25N5O5. The molecule has 0 saturated carbocycles. The van der Waals surface area contributed by atoms with Crippen LogP contribution in [0.4, 0.5) is 0 Å². The summed E-state index contributed by atoms with van der Waals surface area (Å²) in [5.41, 5.74) is 0.913. The molecule has 2 heterocycles. The SMILES string of the molecule is Cn1c(=O)c2c(ncn2CCCNC[C@@H](O)c2ccc(O)c(CO)c2)n(C)c1=O. The molecule has 0 radical (unpaired) electrons. The van der Waals surface area contributed by atoms with Crippen LogP contribution in [-0.2, 0) is 27.2 Å². The molecule has 10 heteroatoms. The Bertz CT molecular complexity index is 1130. The molecule has 1 aromatic carbocycles. The predicted octanol–water partition coefficient (Wildman–Crippen LogP) is -0.655. The van der Waals surface area contributed by atoms with E-state index < -0.39 is 11.8 Å². The number of aromatic nitrogens is 4. The molecule has 1 atom stereocenters. The van der Waals surface area contributed by atoms with Gasteiger partial charge in [0.05, 0.1) is 19.0 Å². The highest BCUT2D eigenvalue weighted by molar-refractivity contribution is 5.69. The van der Waals surface area contributed by atoms with Gasteiger partial charge in [-0.15, -0.1) is 0 Å². The Kier molecular flexibility index (Phi) is 6.16. The van der Waals surface area contributed by atoms with Gasteiger partial charge >= 0.3 is 5.69 Å². The molecule has 4 N–H and O–H groups in total. The second-order valence-corrected chi connectivity index (χ2v) is 6.94. The molecule has 0 aliphatic heterocycles. The lowest BCUT2D eigenvalue weighted by molar-refractivity contribution is 0.174. The van der Waals surface area contributed by atoms with Gasteiger partial charge in [0.1, 0.15) is 5.75 Å². The Morgan fingerprint density at radius 1 is 1.21 bits per heavy atom. The molecule has 10 nitrogen and oxygen atoms in total. The van der Waals surface area contributed by atoms with Gasteiger partial charge < -0.3 is 25.2 Å². The van der Waals surface area contributed by atoms with E-state index in [0.717, 1.165) is 4.57 Å². The summed E-state index contributed by atoms with van der Waals surface area (Å²) in [5, 5.41) is 32.2. The van der Waals surface area contributed by atoms with Gasteiger partial charge in [0.15, 0.2) is 11.2 Å². The van der Waals surface area contributed by atoms with E-state index in [0.29, 0.717) is 48.3 Å². The Morgan fingerprint density at radius 3 is 2.69 bits per heavy atom. The fourth-order valence-electron chi connectivity index (χ4n) is 3.24. The highest BCUT2D eigenvalue weighted by atomic mass is 16.3. The van der Waals surface area contributed by atoms with Gasteiger partial charge in [0.2, 0.25) is 0 Å². The smallest absolute Gasteiger partial charge is 0.332 e. The number of rotatable bonds is 8. The molecule has 0 aliphatic rings. The number of hydrogen-bond donors (Lipinski definition) is 4. The van der Waals surface area contributed by atoms with Crippen molar-refractivity contribution in [3.8, 4) is 5.75 Å². The standard InChI is InChI=1S/C19H25N5O5/c1-22-17-16(18(28)23(2)19(22)29)24(11-21-17)7-3-6-20-9-15(27)12-4-5-14(26)13(8-12)10-25/h4-5,8,11,15,20,25-27H,3,6-7,9-10H2,1-2H3/t15-/m1/s1. The van der Waals surface area contributed by atoms with E-state index >= 15 is 0 Å². The third kappa shape index (κ3) is 4.09. The second-order valence-electron chi connectivity index (χ2n) is 6.94. The number of aliphatic hydroxyl groups is 2. The van der Waals surface area contributed by atoms with E-state index in [1.165, 1.54) is 17.7 Å². The molecule has 0 aliphatic carbocycles. The number of aliphatic hydroxyl groups excluding tert-OH is 2. The highest BCUT2D eigenvalue weighted by Crippen LogP contribution is 2.22. The number of hydrogen-bond acceptors (Lipinski definition) is 7. The molecule has 0 fully saturated rings. The maximum absolute atomic E-state index is 12.4. The molecule has 29 heavy (non-hydrogen) atoms. The number of nitrogens with one attached hydrogen (secondary N) is 1. The molecular weight excluding hydrogens is 378 g/mol. The van der Waals surface area contributed by atoms with Crippen molar-refractivity contribution in [3.05, 3.63) is 56.5 Å². The van der Waals surface area contributed by atoms with Crippen molar-refractivity contribution in [1.29, 1.82) is 0 Å². The Morgan fingerprint density at radius 2 is 1.97 bits per heavy atom. The number of nitrogens with zero attached hydrogens (tertiary/aromatic N) is 4. The van der Waals surface area contributed by atoms with Gasteiger partial charge in [-0.1, -0.05) is 6.07 Å². The first-order valence-corrected chi connectivity index (χ1v) is 9.27. The molecule has 0 amide bonds. The minimum Gasteiger partial charge on any atom is -0.508 e. The Balaban J connectivity index is 1.58. The van der Waals surface area contributed by atoms with Crippen LogP contribution in [0.25, 0.3) is 11.2 Å². The number of aromatic hydroxyl groups is 1. The zero-order valence-electron chi connectivity index (χ0n) is 16.4. The minimum atomic E-state index is -0.781. The molecule has 0 saturated heterocycles. The van der Waals surface area contributed by atoms with E-state index in [9.17, 15) is 24.9 Å². The van der Waals surface area contributed by atoms with Crippen LogP contribution in [0.1, 0.15) is 23.7 Å². The fourth-order valence-corrected chi connectivity index (χ4v) is 3.24. The highest BCUT2D eigenvalue weighted by Gasteiger charge is 2.14. The van der Waals surface area contributed by atoms with E-state index in [2.05, 4.69) is 10.3 Å². The van der Waals surface area contributed by atoms with Crippen LogP contribution in [0.5, 0.6) is 5.75 Å². The average Bonchev–Trinajstić information content (AvgIpc) is 3.14. The predicted molar refractivity (Wildman–Crippen MR) is 107 cm³/mol. The lowest BCUT2D eigenvalue weighted by Gasteiger charge is -2.14. The van der Waals surface area contributed by atoms with E-state index in [1.54, 1.807) is 30.1 Å². The molecule has 0 spiro atoms. The monoisotopic (exact) mass is 403 g/mol. The van der Waals surface area contributed by atoms with Crippen molar-refractivity contribution in [2.75, 3.05) is 13.1 Å². The first kappa shape index (κ1) is 20.8. The van der Waals surface area contributed by atoms with Crippen LogP contribution in [-0.4, -0.2) is 47.1 Å². The second kappa shape index (κ2) is 8.60. The lowest BCUT2D eigenvalue weighted by atomic mass is 10.1. The molecule has 0 bridgehead atoms. The van der Waals surface area contributed by atoms with Gasteiger partial charge in [-0.3, -0.25) is 13.9 Å².